The fourth-order valence-electron chi connectivity index (χ4n) is 15.0. The molecule has 0 aliphatic rings. The Hall–Kier alpha value is -9.80. The molecule has 522 valence electrons. The second-order valence-corrected chi connectivity index (χ2v) is 30.7. The molecule has 100 heavy (non-hydrogen) atoms. The predicted octanol–water partition coefficient (Wildman–Crippen LogP) is 22.4. The van der Waals surface area contributed by atoms with Crippen molar-refractivity contribution in [1.29, 1.82) is 0 Å². The SMILES string of the molecule is CC(c1cc(C(C)c2ccc(O)cc2)c(O)c(C(C)c2ccc(O)cc2)c1)c1cc(C(CC(CC(c2ccc(O)c(C(C)c3cc(C(C)c4ccc(O)cc4)c(O)c(C(C)c4ccc(O)c(C(C)c5ccc(O)cc5)c4)c3)c2)C(C)(C)C)c2ccc(O)cc2)CC(C)(C)C(C)C)ccc1O. The van der Waals surface area contributed by atoms with Crippen LogP contribution < -0.4 is 0 Å². The van der Waals surface area contributed by atoms with E-state index in [1.54, 1.807) is 66.7 Å². The first-order valence-electron chi connectivity index (χ1n) is 35.4. The van der Waals surface area contributed by atoms with Crippen LogP contribution in [-0.4, -0.2) is 51.1 Å². The minimum atomic E-state index is -0.380. The fraction of sp³-hybridized carbons (Fsp3) is 0.333. The normalized spacial score (nSPS) is 15.1. The predicted molar refractivity (Wildman–Crippen MR) is 404 cm³/mol. The molecular weight excluding hydrogens is 1240 g/mol. The molecule has 10 rings (SSSR count). The summed E-state index contributed by atoms with van der Waals surface area (Å²) in [5, 5.41) is 112. The number of aromatic hydroxyl groups is 10. The van der Waals surface area contributed by atoms with Gasteiger partial charge in [-0.2, -0.15) is 0 Å². The highest BCUT2D eigenvalue weighted by atomic mass is 16.3. The van der Waals surface area contributed by atoms with E-state index in [0.717, 1.165) is 79.6 Å². The smallest absolute Gasteiger partial charge is 0.123 e. The van der Waals surface area contributed by atoms with Gasteiger partial charge in [-0.25, -0.2) is 0 Å². The van der Waals surface area contributed by atoms with Crippen molar-refractivity contribution < 1.29 is 51.1 Å². The molecule has 0 bridgehead atoms. The molecule has 0 aliphatic carbocycles. The molecule has 0 spiro atoms. The summed E-state index contributed by atoms with van der Waals surface area (Å²) in [4.78, 5) is 0. The Bertz CT molecular complexity index is 4380. The molecule has 0 aromatic heterocycles. The molecular formula is C90H102O10. The van der Waals surface area contributed by atoms with Crippen LogP contribution in [0.1, 0.15) is 270 Å². The summed E-state index contributed by atoms with van der Waals surface area (Å²) < 4.78 is 0. The summed E-state index contributed by atoms with van der Waals surface area (Å²) in [6.45, 7) is 30.5. The van der Waals surface area contributed by atoms with Gasteiger partial charge in [0.05, 0.1) is 0 Å². The minimum Gasteiger partial charge on any atom is -0.508 e. The lowest BCUT2D eigenvalue weighted by Crippen LogP contribution is -2.25. The zero-order chi connectivity index (χ0) is 72.4. The van der Waals surface area contributed by atoms with Crippen molar-refractivity contribution in [2.24, 2.45) is 16.7 Å². The van der Waals surface area contributed by atoms with Crippen LogP contribution in [0.15, 0.2) is 200 Å². The van der Waals surface area contributed by atoms with E-state index in [2.05, 4.69) is 112 Å². The Morgan fingerprint density at radius 1 is 0.250 bits per heavy atom. The van der Waals surface area contributed by atoms with Crippen molar-refractivity contribution in [3.05, 3.63) is 295 Å². The van der Waals surface area contributed by atoms with Gasteiger partial charge in [-0.15, -0.1) is 0 Å². The summed E-state index contributed by atoms with van der Waals surface area (Å²) in [6.07, 6.45) is 2.26. The first-order chi connectivity index (χ1) is 47.3. The first kappa shape index (κ1) is 72.9. The van der Waals surface area contributed by atoms with E-state index in [1.807, 2.05) is 119 Å². The highest BCUT2D eigenvalue weighted by molar-refractivity contribution is 5.59. The molecule has 0 saturated carbocycles. The van der Waals surface area contributed by atoms with Crippen molar-refractivity contribution in [2.75, 3.05) is 0 Å². The molecule has 10 heteroatoms. The highest BCUT2D eigenvalue weighted by Gasteiger charge is 2.36. The van der Waals surface area contributed by atoms with Gasteiger partial charge < -0.3 is 51.1 Å². The number of phenolic OH excluding ortho intramolecular Hbond substituents is 10. The lowest BCUT2D eigenvalue weighted by atomic mass is 9.66. The van der Waals surface area contributed by atoms with Gasteiger partial charge in [0.1, 0.15) is 57.5 Å². The van der Waals surface area contributed by atoms with Crippen molar-refractivity contribution in [3.63, 3.8) is 0 Å². The molecule has 10 aromatic rings. The van der Waals surface area contributed by atoms with Gasteiger partial charge in [0, 0.05) is 80.4 Å². The summed E-state index contributed by atoms with van der Waals surface area (Å²) in [5.41, 5.74) is 14.1. The molecule has 0 aliphatic heterocycles. The van der Waals surface area contributed by atoms with E-state index in [0.29, 0.717) is 40.2 Å². The summed E-state index contributed by atoms with van der Waals surface area (Å²) in [6, 6.07) is 61.8. The van der Waals surface area contributed by atoms with Gasteiger partial charge in [0.25, 0.3) is 0 Å². The van der Waals surface area contributed by atoms with E-state index in [4.69, 9.17) is 0 Å². The van der Waals surface area contributed by atoms with Crippen molar-refractivity contribution in [3.8, 4) is 57.5 Å². The standard InChI is InChI=1S/C90H102O10/c1-51(2)90(13,14)50-70(65-26-39-85(97)77(43-65)57(8)67-45-79(53(4)60-17-30-72(92)31-18-60)87(99)80(46-67)54(5)61-19-32-73(93)33-20-61)41-69(63-23-36-75(95)37-24-63)49-83(89(10,11)12)66-27-40-86(98)78(44-66)58(9)68-47-81(55(6)62-21-34-74(94)35-22-62)88(100)82(48-68)56(7)64-25-38-84(96)76(42-64)52(3)59-15-28-71(91)29-16-59/h15-40,42-48,51-58,69-70,83,91-100H,41,49-50H2,1-14H3. The van der Waals surface area contributed by atoms with Gasteiger partial charge in [0.15, 0.2) is 0 Å². The number of hydrogen-bond acceptors (Lipinski definition) is 10. The van der Waals surface area contributed by atoms with Crippen LogP contribution in [0.2, 0.25) is 0 Å². The van der Waals surface area contributed by atoms with Gasteiger partial charge in [0.2, 0.25) is 0 Å². The van der Waals surface area contributed by atoms with Crippen LogP contribution in [0.5, 0.6) is 57.5 Å². The van der Waals surface area contributed by atoms with Crippen molar-refractivity contribution in [1.82, 2.24) is 0 Å². The Morgan fingerprint density at radius 2 is 0.500 bits per heavy atom. The monoisotopic (exact) mass is 1340 g/mol. The summed E-state index contributed by atoms with van der Waals surface area (Å²) >= 11 is 0. The first-order valence-corrected chi connectivity index (χ1v) is 35.4. The quantitative estimate of drug-likeness (QED) is 0.0277. The van der Waals surface area contributed by atoms with Gasteiger partial charge in [-0.1, -0.05) is 218 Å². The van der Waals surface area contributed by atoms with Crippen molar-refractivity contribution >= 4 is 0 Å². The maximum atomic E-state index is 12.6. The second-order valence-electron chi connectivity index (χ2n) is 30.7. The van der Waals surface area contributed by atoms with Crippen LogP contribution in [-0.2, 0) is 0 Å². The molecule has 0 fully saturated rings. The van der Waals surface area contributed by atoms with Crippen LogP contribution in [0.3, 0.4) is 0 Å². The Labute approximate surface area is 592 Å². The van der Waals surface area contributed by atoms with Gasteiger partial charge in [-0.05, 0) is 188 Å². The molecule has 0 heterocycles. The highest BCUT2D eigenvalue weighted by Crippen LogP contribution is 2.52. The molecule has 10 nitrogen and oxygen atoms in total. The van der Waals surface area contributed by atoms with Gasteiger partial charge in [-0.3, -0.25) is 0 Å². The van der Waals surface area contributed by atoms with Crippen LogP contribution in [0, 0.1) is 16.7 Å². The lowest BCUT2D eigenvalue weighted by molar-refractivity contribution is 0.199. The topological polar surface area (TPSA) is 202 Å². The molecule has 10 atom stereocenters. The third-order valence-corrected chi connectivity index (χ3v) is 22.6. The van der Waals surface area contributed by atoms with Gasteiger partial charge >= 0.3 is 0 Å². The summed E-state index contributed by atoms with van der Waals surface area (Å²) in [5.74, 6) is -0.420. The second kappa shape index (κ2) is 30.0. The summed E-state index contributed by atoms with van der Waals surface area (Å²) in [7, 11) is 0. The Kier molecular flexibility index (Phi) is 21.8. The molecule has 0 saturated heterocycles. The average Bonchev–Trinajstić information content (AvgIpc) is 0.778. The Morgan fingerprint density at radius 3 is 0.830 bits per heavy atom. The van der Waals surface area contributed by atoms with E-state index in [9.17, 15) is 51.1 Å². The molecule has 0 amide bonds. The van der Waals surface area contributed by atoms with Crippen molar-refractivity contribution in [2.45, 2.75) is 175 Å². The zero-order valence-electron chi connectivity index (χ0n) is 60.5. The third-order valence-electron chi connectivity index (χ3n) is 22.6. The molecule has 10 unspecified atom stereocenters. The maximum absolute atomic E-state index is 12.6. The van der Waals surface area contributed by atoms with E-state index in [-0.39, 0.29) is 128 Å². The van der Waals surface area contributed by atoms with E-state index < -0.39 is 0 Å². The Balaban J connectivity index is 1.04. The minimum absolute atomic E-state index is 0.0196. The average molecular weight is 1340 g/mol. The lowest BCUT2D eigenvalue weighted by Gasteiger charge is -2.38. The van der Waals surface area contributed by atoms with E-state index >= 15 is 0 Å². The maximum Gasteiger partial charge on any atom is 0.123 e. The van der Waals surface area contributed by atoms with Crippen LogP contribution in [0.25, 0.3) is 0 Å². The third kappa shape index (κ3) is 16.1. The number of hydrogen-bond donors (Lipinski definition) is 10. The van der Waals surface area contributed by atoms with Crippen LogP contribution in [0.4, 0.5) is 0 Å². The zero-order valence-corrected chi connectivity index (χ0v) is 60.5. The number of benzene rings is 10. The van der Waals surface area contributed by atoms with Crippen LogP contribution >= 0.6 is 0 Å². The van der Waals surface area contributed by atoms with E-state index in [1.165, 1.54) is 0 Å². The fourth-order valence-corrected chi connectivity index (χ4v) is 15.0. The molecule has 10 aromatic carbocycles. The molecule has 0 radical (unpaired) electrons. The molecule has 10 N–H and O–H groups in total. The largest absolute Gasteiger partial charge is 0.508 e. The number of rotatable bonds is 24. The number of phenols is 10.